The summed E-state index contributed by atoms with van der Waals surface area (Å²) in [6, 6.07) is 17.4. The summed E-state index contributed by atoms with van der Waals surface area (Å²) < 4.78 is 0. The van der Waals surface area contributed by atoms with Gasteiger partial charge in [-0.15, -0.1) is 0 Å². The van der Waals surface area contributed by atoms with Crippen molar-refractivity contribution < 1.29 is 0 Å². The molecule has 0 aliphatic rings. The largest absolute Gasteiger partial charge is 0.217 e. The molecule has 0 radical (unpaired) electrons. The van der Waals surface area contributed by atoms with E-state index in [1.807, 2.05) is 0 Å². The fourth-order valence-corrected chi connectivity index (χ4v) is 3.73. The number of hydrogen-bond donors (Lipinski definition) is 0. The molecular formula is C27H35N3. The van der Waals surface area contributed by atoms with Crippen LogP contribution < -0.4 is 0 Å². The molecule has 1 aromatic heterocycles. The zero-order chi connectivity index (χ0) is 21.0. The number of aryl methyl sites for hydroxylation is 2. The molecule has 0 amide bonds. The van der Waals surface area contributed by atoms with Crippen molar-refractivity contribution in [3.05, 3.63) is 66.0 Å². The molecule has 2 aromatic carbocycles. The van der Waals surface area contributed by atoms with Gasteiger partial charge in [0.05, 0.1) is 0 Å². The third kappa shape index (κ3) is 6.76. The van der Waals surface area contributed by atoms with Crippen LogP contribution >= 0.6 is 0 Å². The number of nitrogens with zero attached hydrogens (tertiary/aromatic N) is 3. The fraction of sp³-hybridized carbons (Fsp3) is 0.444. The summed E-state index contributed by atoms with van der Waals surface area (Å²) in [7, 11) is 0. The molecule has 0 unspecified atom stereocenters. The Bertz CT molecular complexity index is 799. The Morgan fingerprint density at radius 3 is 1.37 bits per heavy atom. The van der Waals surface area contributed by atoms with Gasteiger partial charge in [-0.3, -0.25) is 0 Å². The summed E-state index contributed by atoms with van der Waals surface area (Å²) in [6.45, 7) is 4.50. The Labute approximate surface area is 182 Å². The molecule has 0 spiro atoms. The van der Waals surface area contributed by atoms with Gasteiger partial charge in [0.1, 0.15) is 6.33 Å². The number of benzene rings is 2. The van der Waals surface area contributed by atoms with E-state index in [9.17, 15) is 0 Å². The third-order valence-corrected chi connectivity index (χ3v) is 5.63. The first-order valence-corrected chi connectivity index (χ1v) is 11.7. The minimum Gasteiger partial charge on any atom is -0.217 e. The lowest BCUT2D eigenvalue weighted by atomic mass is 10.0. The van der Waals surface area contributed by atoms with Crippen LogP contribution in [-0.4, -0.2) is 15.0 Å². The molecule has 3 aromatic rings. The molecule has 0 saturated heterocycles. The predicted molar refractivity (Wildman–Crippen MR) is 126 cm³/mol. The first-order valence-electron chi connectivity index (χ1n) is 11.7. The molecule has 3 nitrogen and oxygen atoms in total. The summed E-state index contributed by atoms with van der Waals surface area (Å²) in [6.07, 6.45) is 14.3. The van der Waals surface area contributed by atoms with Crippen LogP contribution in [0.4, 0.5) is 0 Å². The van der Waals surface area contributed by atoms with Crippen molar-refractivity contribution in [2.75, 3.05) is 0 Å². The van der Waals surface area contributed by atoms with Crippen molar-refractivity contribution in [2.24, 2.45) is 0 Å². The monoisotopic (exact) mass is 401 g/mol. The maximum absolute atomic E-state index is 4.72. The zero-order valence-corrected chi connectivity index (χ0v) is 18.6. The minimum absolute atomic E-state index is 0.737. The molecule has 3 rings (SSSR count). The molecule has 0 N–H and O–H groups in total. The first-order chi connectivity index (χ1) is 14.8. The third-order valence-electron chi connectivity index (χ3n) is 5.63. The summed E-state index contributed by atoms with van der Waals surface area (Å²) in [5.74, 6) is 1.47. The van der Waals surface area contributed by atoms with Crippen molar-refractivity contribution in [3.63, 3.8) is 0 Å². The molecule has 3 heteroatoms. The van der Waals surface area contributed by atoms with Gasteiger partial charge >= 0.3 is 0 Å². The van der Waals surface area contributed by atoms with E-state index < -0.39 is 0 Å². The molecule has 0 aliphatic carbocycles. The van der Waals surface area contributed by atoms with Crippen LogP contribution in [0.2, 0.25) is 0 Å². The second-order valence-corrected chi connectivity index (χ2v) is 8.15. The Morgan fingerprint density at radius 1 is 0.533 bits per heavy atom. The van der Waals surface area contributed by atoms with Crippen LogP contribution in [0.15, 0.2) is 54.9 Å². The Balaban J connectivity index is 1.63. The number of hydrogen-bond acceptors (Lipinski definition) is 3. The van der Waals surface area contributed by atoms with Gasteiger partial charge in [0.15, 0.2) is 11.6 Å². The lowest BCUT2D eigenvalue weighted by Gasteiger charge is -2.06. The molecule has 30 heavy (non-hydrogen) atoms. The van der Waals surface area contributed by atoms with Crippen molar-refractivity contribution in [2.45, 2.75) is 78.1 Å². The standard InChI is InChI=1S/C27H35N3/c1-3-5-7-9-11-22-13-17-24(18-14-22)26-28-21-29-27(30-26)25-19-15-23(16-20-25)12-10-8-6-4-2/h13-21H,3-12H2,1-2H3. The van der Waals surface area contributed by atoms with E-state index in [4.69, 9.17) is 4.98 Å². The van der Waals surface area contributed by atoms with Gasteiger partial charge in [-0.1, -0.05) is 101 Å². The molecule has 0 atom stereocenters. The topological polar surface area (TPSA) is 38.7 Å². The van der Waals surface area contributed by atoms with Crippen LogP contribution in [0.25, 0.3) is 22.8 Å². The smallest absolute Gasteiger partial charge is 0.163 e. The second kappa shape index (κ2) is 12.2. The van der Waals surface area contributed by atoms with Crippen LogP contribution in [0.5, 0.6) is 0 Å². The molecule has 158 valence electrons. The van der Waals surface area contributed by atoms with Crippen molar-refractivity contribution >= 4 is 0 Å². The highest BCUT2D eigenvalue weighted by Gasteiger charge is 2.07. The minimum atomic E-state index is 0.737. The quantitative estimate of drug-likeness (QED) is 0.296. The Kier molecular flexibility index (Phi) is 9.02. The number of unbranched alkanes of at least 4 members (excludes halogenated alkanes) is 6. The maximum Gasteiger partial charge on any atom is 0.163 e. The highest BCUT2D eigenvalue weighted by molar-refractivity contribution is 5.60. The van der Waals surface area contributed by atoms with Gasteiger partial charge < -0.3 is 0 Å². The number of rotatable bonds is 12. The summed E-state index contributed by atoms with van der Waals surface area (Å²) in [5.41, 5.74) is 4.87. The summed E-state index contributed by atoms with van der Waals surface area (Å²) in [4.78, 5) is 13.5. The van der Waals surface area contributed by atoms with Crippen molar-refractivity contribution in [1.82, 2.24) is 15.0 Å². The van der Waals surface area contributed by atoms with E-state index >= 15 is 0 Å². The fourth-order valence-electron chi connectivity index (χ4n) is 3.73. The van der Waals surface area contributed by atoms with Gasteiger partial charge in [-0.2, -0.15) is 0 Å². The normalized spacial score (nSPS) is 11.0. The summed E-state index contributed by atoms with van der Waals surface area (Å²) >= 11 is 0. The van der Waals surface area contributed by atoms with E-state index in [0.29, 0.717) is 0 Å². The van der Waals surface area contributed by atoms with Crippen molar-refractivity contribution in [3.8, 4) is 22.8 Å². The lowest BCUT2D eigenvalue weighted by Crippen LogP contribution is -1.96. The van der Waals surface area contributed by atoms with Gasteiger partial charge in [0.25, 0.3) is 0 Å². The average Bonchev–Trinajstić information content (AvgIpc) is 2.80. The summed E-state index contributed by atoms with van der Waals surface area (Å²) in [5, 5.41) is 0. The van der Waals surface area contributed by atoms with Gasteiger partial charge in [0, 0.05) is 11.1 Å². The SMILES string of the molecule is CCCCCCc1ccc(-c2ncnc(-c3ccc(CCCCCC)cc3)n2)cc1. The van der Waals surface area contributed by atoms with Gasteiger partial charge in [-0.05, 0) is 36.8 Å². The van der Waals surface area contributed by atoms with Gasteiger partial charge in [-0.25, -0.2) is 15.0 Å². The highest BCUT2D eigenvalue weighted by atomic mass is 15.0. The predicted octanol–water partition coefficient (Wildman–Crippen LogP) is 7.45. The van der Waals surface area contributed by atoms with E-state index in [2.05, 4.69) is 72.3 Å². The Hall–Kier alpha value is -2.55. The molecular weight excluding hydrogens is 366 g/mol. The van der Waals surface area contributed by atoms with Crippen LogP contribution in [0, 0.1) is 0 Å². The molecule has 0 saturated carbocycles. The van der Waals surface area contributed by atoms with Crippen LogP contribution in [0.1, 0.15) is 76.3 Å². The lowest BCUT2D eigenvalue weighted by molar-refractivity contribution is 0.667. The zero-order valence-electron chi connectivity index (χ0n) is 18.6. The highest BCUT2D eigenvalue weighted by Crippen LogP contribution is 2.21. The van der Waals surface area contributed by atoms with Gasteiger partial charge in [0.2, 0.25) is 0 Å². The molecule has 0 bridgehead atoms. The maximum atomic E-state index is 4.72. The van der Waals surface area contributed by atoms with Crippen molar-refractivity contribution in [1.29, 1.82) is 0 Å². The molecule has 0 fully saturated rings. The van der Waals surface area contributed by atoms with Crippen LogP contribution in [-0.2, 0) is 12.8 Å². The van der Waals surface area contributed by atoms with E-state index in [1.54, 1.807) is 6.33 Å². The van der Waals surface area contributed by atoms with Crippen LogP contribution in [0.3, 0.4) is 0 Å². The van der Waals surface area contributed by atoms with E-state index in [1.165, 1.54) is 62.5 Å². The average molecular weight is 402 g/mol. The molecule has 1 heterocycles. The van der Waals surface area contributed by atoms with E-state index in [-0.39, 0.29) is 0 Å². The Morgan fingerprint density at radius 2 is 0.967 bits per heavy atom. The second-order valence-electron chi connectivity index (χ2n) is 8.15. The molecule has 0 aliphatic heterocycles. The first kappa shape index (κ1) is 22.1. The van der Waals surface area contributed by atoms with E-state index in [0.717, 1.165) is 35.6 Å². The number of aromatic nitrogens is 3.